The van der Waals surface area contributed by atoms with Crippen LogP contribution in [0.25, 0.3) is 0 Å². The first-order chi connectivity index (χ1) is 6.60. The number of hydrogen-bond donors (Lipinski definition) is 0. The number of carbonyl (C=O) groups is 1. The average Bonchev–Trinajstić information content (AvgIpc) is 2.17. The number of hydrogen-bond acceptors (Lipinski definition) is 2. The maximum Gasteiger partial charge on any atom is 0.305 e. The molecule has 0 saturated carbocycles. The Labute approximate surface area is 101 Å². The van der Waals surface area contributed by atoms with E-state index in [1.807, 2.05) is 0 Å². The van der Waals surface area contributed by atoms with E-state index in [2.05, 4.69) is 41.2 Å². The van der Waals surface area contributed by atoms with Gasteiger partial charge in [-0.2, -0.15) is 0 Å². The van der Waals surface area contributed by atoms with Crippen LogP contribution in [0.15, 0.2) is 0 Å². The summed E-state index contributed by atoms with van der Waals surface area (Å²) in [5.74, 6) is 1.18. The number of halogens is 1. The van der Waals surface area contributed by atoms with E-state index in [4.69, 9.17) is 0 Å². The molecule has 0 aliphatic rings. The van der Waals surface area contributed by atoms with E-state index < -0.39 is 0 Å². The Hall–Kier alpha value is 0.200. The molecule has 0 N–H and O–H groups in total. The summed E-state index contributed by atoms with van der Waals surface area (Å²) < 4.78 is 5.85. The zero-order valence-corrected chi connectivity index (χ0v) is 11.5. The molecular weight excluding hydrogens is 291 g/mol. The van der Waals surface area contributed by atoms with E-state index in [1.54, 1.807) is 0 Å². The largest absolute Gasteiger partial charge is 0.469 e. The molecule has 0 unspecified atom stereocenters. The van der Waals surface area contributed by atoms with Gasteiger partial charge in [-0.1, -0.05) is 49.3 Å². The van der Waals surface area contributed by atoms with Gasteiger partial charge in [-0.25, -0.2) is 0 Å². The predicted octanol–water partition coefficient (Wildman–Crippen LogP) is 3.43. The van der Waals surface area contributed by atoms with Gasteiger partial charge >= 0.3 is 5.97 Å². The van der Waals surface area contributed by atoms with E-state index >= 15 is 0 Å². The highest BCUT2D eigenvalue weighted by Gasteiger charge is 2.09. The van der Waals surface area contributed by atoms with Crippen LogP contribution >= 0.6 is 22.6 Å². The third-order valence-electron chi connectivity index (χ3n) is 2.40. The third-order valence-corrected chi connectivity index (χ3v) is 3.90. The van der Waals surface area contributed by atoms with Gasteiger partial charge in [0.1, 0.15) is 0 Å². The van der Waals surface area contributed by atoms with Crippen LogP contribution in [0.2, 0.25) is 0 Å². The number of carbonyl (C=O) groups excluding carboxylic acids is 1. The molecular formula is C11H21IO2. The molecule has 84 valence electrons. The zero-order valence-electron chi connectivity index (χ0n) is 9.38. The van der Waals surface area contributed by atoms with E-state index in [0.29, 0.717) is 12.3 Å². The van der Waals surface area contributed by atoms with Gasteiger partial charge in [0.25, 0.3) is 0 Å². The first-order valence-corrected chi connectivity index (χ1v) is 6.75. The number of esters is 1. The molecule has 0 aromatic heterocycles. The second-order valence-electron chi connectivity index (χ2n) is 4.08. The Bertz CT molecular complexity index is 159. The number of methoxy groups -OCH3 is 1. The second-order valence-corrected chi connectivity index (χ2v) is 4.96. The molecule has 0 aliphatic carbocycles. The Kier molecular flexibility index (Phi) is 8.63. The summed E-state index contributed by atoms with van der Waals surface area (Å²) in [4.78, 5) is 11.0. The van der Waals surface area contributed by atoms with Crippen molar-refractivity contribution in [2.75, 3.05) is 11.5 Å². The van der Waals surface area contributed by atoms with Gasteiger partial charge in [-0.05, 0) is 18.3 Å². The molecule has 0 heterocycles. The highest BCUT2D eigenvalue weighted by atomic mass is 127. The molecule has 0 rings (SSSR count). The van der Waals surface area contributed by atoms with Crippen molar-refractivity contribution >= 4 is 28.6 Å². The minimum absolute atomic E-state index is 0.0839. The molecule has 0 aromatic rings. The summed E-state index contributed by atoms with van der Waals surface area (Å²) in [5.41, 5.74) is 0. The zero-order chi connectivity index (χ0) is 11.0. The predicted molar refractivity (Wildman–Crippen MR) is 67.7 cm³/mol. The lowest BCUT2D eigenvalue weighted by Gasteiger charge is -2.11. The molecule has 0 bridgehead atoms. The van der Waals surface area contributed by atoms with E-state index in [0.717, 1.165) is 12.3 Å². The van der Waals surface area contributed by atoms with Crippen LogP contribution in [0, 0.1) is 11.8 Å². The summed E-state index contributed by atoms with van der Waals surface area (Å²) in [6, 6.07) is 0. The quantitative estimate of drug-likeness (QED) is 0.409. The summed E-state index contributed by atoms with van der Waals surface area (Å²) >= 11 is 2.42. The topological polar surface area (TPSA) is 26.3 Å². The van der Waals surface area contributed by atoms with Crippen LogP contribution < -0.4 is 0 Å². The fourth-order valence-corrected chi connectivity index (χ4v) is 1.80. The normalized spacial score (nSPS) is 14.9. The minimum atomic E-state index is -0.0839. The monoisotopic (exact) mass is 312 g/mol. The molecule has 0 saturated heterocycles. The van der Waals surface area contributed by atoms with Gasteiger partial charge in [0, 0.05) is 10.8 Å². The van der Waals surface area contributed by atoms with Crippen molar-refractivity contribution in [2.24, 2.45) is 11.8 Å². The smallest absolute Gasteiger partial charge is 0.305 e. The van der Waals surface area contributed by atoms with E-state index in [1.165, 1.54) is 24.4 Å². The van der Waals surface area contributed by atoms with Crippen LogP contribution in [0.3, 0.4) is 0 Å². The van der Waals surface area contributed by atoms with Crippen molar-refractivity contribution in [3.8, 4) is 0 Å². The van der Waals surface area contributed by atoms with Gasteiger partial charge in [-0.3, -0.25) is 4.79 Å². The standard InChI is InChI=1S/C11H21IO2/c1-9(7-11(13)14-3)5-4-6-10(2)8-12/h9-10H,4-8H2,1-3H3/t9-,10+/m1/s1. The Morgan fingerprint density at radius 1 is 1.29 bits per heavy atom. The van der Waals surface area contributed by atoms with Crippen LogP contribution in [-0.2, 0) is 9.53 Å². The lowest BCUT2D eigenvalue weighted by molar-refractivity contribution is -0.141. The first-order valence-electron chi connectivity index (χ1n) is 5.23. The molecule has 0 aromatic carbocycles. The molecule has 0 aliphatic heterocycles. The van der Waals surface area contributed by atoms with Crippen molar-refractivity contribution in [1.29, 1.82) is 0 Å². The molecule has 14 heavy (non-hydrogen) atoms. The molecule has 2 atom stereocenters. The van der Waals surface area contributed by atoms with Gasteiger partial charge in [0.2, 0.25) is 0 Å². The highest BCUT2D eigenvalue weighted by Crippen LogP contribution is 2.16. The Balaban J connectivity index is 3.44. The van der Waals surface area contributed by atoms with Gasteiger partial charge in [0.15, 0.2) is 0 Å². The summed E-state index contributed by atoms with van der Waals surface area (Å²) in [6.07, 6.45) is 4.20. The van der Waals surface area contributed by atoms with Crippen LogP contribution in [-0.4, -0.2) is 17.5 Å². The lowest BCUT2D eigenvalue weighted by Crippen LogP contribution is -2.07. The molecule has 2 nitrogen and oxygen atoms in total. The summed E-state index contributed by atoms with van der Waals surface area (Å²) in [5, 5.41) is 0. The van der Waals surface area contributed by atoms with Crippen LogP contribution in [0.4, 0.5) is 0 Å². The summed E-state index contributed by atoms with van der Waals surface area (Å²) in [7, 11) is 1.45. The van der Waals surface area contributed by atoms with Gasteiger partial charge in [-0.15, -0.1) is 0 Å². The molecule has 0 amide bonds. The Morgan fingerprint density at radius 2 is 1.86 bits per heavy atom. The number of alkyl halides is 1. The number of ether oxygens (including phenoxy) is 1. The minimum Gasteiger partial charge on any atom is -0.469 e. The lowest BCUT2D eigenvalue weighted by atomic mass is 9.97. The maximum atomic E-state index is 11.0. The second kappa shape index (κ2) is 8.50. The first kappa shape index (κ1) is 14.2. The van der Waals surface area contributed by atoms with Gasteiger partial charge < -0.3 is 4.74 Å². The fourth-order valence-electron chi connectivity index (χ4n) is 1.36. The van der Waals surface area contributed by atoms with Gasteiger partial charge in [0.05, 0.1) is 7.11 Å². The Morgan fingerprint density at radius 3 is 2.36 bits per heavy atom. The SMILES string of the molecule is COC(=O)C[C@H](C)CCC[C@H](C)CI. The maximum absolute atomic E-state index is 11.0. The van der Waals surface area contributed by atoms with Crippen molar-refractivity contribution in [3.63, 3.8) is 0 Å². The fraction of sp³-hybridized carbons (Fsp3) is 0.909. The third kappa shape index (κ3) is 7.59. The van der Waals surface area contributed by atoms with Crippen molar-refractivity contribution in [1.82, 2.24) is 0 Å². The van der Waals surface area contributed by atoms with E-state index in [-0.39, 0.29) is 5.97 Å². The van der Waals surface area contributed by atoms with Crippen molar-refractivity contribution in [2.45, 2.75) is 39.5 Å². The van der Waals surface area contributed by atoms with Crippen molar-refractivity contribution < 1.29 is 9.53 Å². The molecule has 3 heteroatoms. The van der Waals surface area contributed by atoms with Crippen LogP contribution in [0.1, 0.15) is 39.5 Å². The summed E-state index contributed by atoms with van der Waals surface area (Å²) in [6.45, 7) is 4.39. The van der Waals surface area contributed by atoms with Crippen LogP contribution in [0.5, 0.6) is 0 Å². The van der Waals surface area contributed by atoms with Crippen molar-refractivity contribution in [3.05, 3.63) is 0 Å². The molecule has 0 radical (unpaired) electrons. The molecule has 0 fully saturated rings. The molecule has 0 spiro atoms. The highest BCUT2D eigenvalue weighted by molar-refractivity contribution is 14.1. The average molecular weight is 312 g/mol. The number of rotatable bonds is 7. The van der Waals surface area contributed by atoms with E-state index in [9.17, 15) is 4.79 Å².